The third-order valence-corrected chi connectivity index (χ3v) is 5.77. The number of rotatable bonds is 3. The van der Waals surface area contributed by atoms with Crippen molar-refractivity contribution < 1.29 is 19.1 Å². The highest BCUT2D eigenvalue weighted by Gasteiger charge is 2.36. The molecular weight excluding hydrogens is 415 g/mol. The highest BCUT2D eigenvalue weighted by atomic mass is 35.5. The lowest BCUT2D eigenvalue weighted by atomic mass is 10.1. The molecule has 1 atom stereocenters. The molecule has 2 amide bonds. The van der Waals surface area contributed by atoms with Gasteiger partial charge in [0.25, 0.3) is 5.91 Å². The summed E-state index contributed by atoms with van der Waals surface area (Å²) in [6.45, 7) is 2.17. The Morgan fingerprint density at radius 2 is 1.69 bits per heavy atom. The number of benzene rings is 2. The van der Waals surface area contributed by atoms with Crippen molar-refractivity contribution in [1.82, 2.24) is 4.90 Å². The minimum Gasteiger partial charge on any atom is -0.476 e. The van der Waals surface area contributed by atoms with E-state index in [0.717, 1.165) is 0 Å². The molecule has 8 heteroatoms. The molecule has 2 aromatic rings. The summed E-state index contributed by atoms with van der Waals surface area (Å²) in [5.74, 6) is 0.163. The summed E-state index contributed by atoms with van der Waals surface area (Å²) < 4.78 is 11.3. The van der Waals surface area contributed by atoms with E-state index in [4.69, 9.17) is 32.7 Å². The van der Waals surface area contributed by atoms with Gasteiger partial charge in [0, 0.05) is 23.1 Å². The van der Waals surface area contributed by atoms with Gasteiger partial charge in [-0.05, 0) is 29.8 Å². The fraction of sp³-hybridized carbons (Fsp3) is 0.333. The molecular formula is C21H20Cl2N2O4. The van der Waals surface area contributed by atoms with Crippen LogP contribution in [0, 0.1) is 0 Å². The second-order valence-corrected chi connectivity index (χ2v) is 7.71. The monoisotopic (exact) mass is 434 g/mol. The molecule has 2 heterocycles. The van der Waals surface area contributed by atoms with Crippen molar-refractivity contribution in [3.05, 3.63) is 58.1 Å². The first-order valence-corrected chi connectivity index (χ1v) is 10.2. The summed E-state index contributed by atoms with van der Waals surface area (Å²) in [6, 6.07) is 12.3. The SMILES string of the molecule is O=C([C@@H]1CN(C(=O)Cc2c(Cl)cccc2Cl)c2ccccc2O1)N1CCOCC1. The smallest absolute Gasteiger partial charge is 0.265 e. The van der Waals surface area contributed by atoms with Gasteiger partial charge in [0.05, 0.1) is 31.9 Å². The van der Waals surface area contributed by atoms with Crippen LogP contribution in [-0.2, 0) is 20.7 Å². The van der Waals surface area contributed by atoms with Crippen molar-refractivity contribution in [2.75, 3.05) is 37.7 Å². The van der Waals surface area contributed by atoms with Gasteiger partial charge >= 0.3 is 0 Å². The molecule has 6 nitrogen and oxygen atoms in total. The van der Waals surface area contributed by atoms with Gasteiger partial charge in [-0.2, -0.15) is 0 Å². The molecule has 2 aromatic carbocycles. The zero-order valence-corrected chi connectivity index (χ0v) is 17.2. The van der Waals surface area contributed by atoms with E-state index in [1.807, 2.05) is 12.1 Å². The van der Waals surface area contributed by atoms with Gasteiger partial charge in [-0.1, -0.05) is 41.4 Å². The third-order valence-electron chi connectivity index (χ3n) is 5.06. The highest BCUT2D eigenvalue weighted by molar-refractivity contribution is 6.36. The van der Waals surface area contributed by atoms with Crippen LogP contribution in [0.5, 0.6) is 5.75 Å². The van der Waals surface area contributed by atoms with Crippen molar-refractivity contribution in [3.8, 4) is 5.75 Å². The Balaban J connectivity index is 1.59. The largest absolute Gasteiger partial charge is 0.476 e. The number of amides is 2. The van der Waals surface area contributed by atoms with Gasteiger partial charge < -0.3 is 19.3 Å². The number of hydrogen-bond acceptors (Lipinski definition) is 4. The second kappa shape index (κ2) is 8.61. The first-order chi connectivity index (χ1) is 14.0. The minimum absolute atomic E-state index is 0.0330. The van der Waals surface area contributed by atoms with Crippen LogP contribution in [0.2, 0.25) is 10.0 Å². The molecule has 0 saturated carbocycles. The maximum absolute atomic E-state index is 13.2. The van der Waals surface area contributed by atoms with Crippen molar-refractivity contribution in [2.24, 2.45) is 0 Å². The number of hydrogen-bond donors (Lipinski definition) is 0. The summed E-state index contributed by atoms with van der Waals surface area (Å²) in [5, 5.41) is 0.877. The molecule has 152 valence electrons. The van der Waals surface area contributed by atoms with Crippen LogP contribution < -0.4 is 9.64 Å². The predicted molar refractivity (Wildman–Crippen MR) is 111 cm³/mol. The molecule has 0 bridgehead atoms. The average molecular weight is 435 g/mol. The summed E-state index contributed by atoms with van der Waals surface area (Å²) in [5.41, 5.74) is 1.20. The summed E-state index contributed by atoms with van der Waals surface area (Å²) >= 11 is 12.5. The quantitative estimate of drug-likeness (QED) is 0.743. The number of halogens is 2. The van der Waals surface area contributed by atoms with Crippen LogP contribution in [0.3, 0.4) is 0 Å². The van der Waals surface area contributed by atoms with Crippen molar-refractivity contribution in [3.63, 3.8) is 0 Å². The Labute approximate surface area is 178 Å². The normalized spacial score (nSPS) is 18.8. The van der Waals surface area contributed by atoms with Gasteiger partial charge in [0.1, 0.15) is 5.75 Å². The number of anilines is 1. The van der Waals surface area contributed by atoms with E-state index >= 15 is 0 Å². The van der Waals surface area contributed by atoms with E-state index < -0.39 is 6.10 Å². The number of nitrogens with zero attached hydrogens (tertiary/aromatic N) is 2. The van der Waals surface area contributed by atoms with Gasteiger partial charge in [0.2, 0.25) is 5.91 Å². The molecule has 2 aliphatic rings. The Bertz CT molecular complexity index is 910. The van der Waals surface area contributed by atoms with E-state index in [-0.39, 0.29) is 24.8 Å². The summed E-state index contributed by atoms with van der Waals surface area (Å²) in [4.78, 5) is 29.5. The standard InChI is InChI=1S/C21H20Cl2N2O4/c22-15-4-3-5-16(23)14(15)12-20(26)25-13-19(21(27)24-8-10-28-11-9-24)29-18-7-2-1-6-17(18)25/h1-7,19H,8-13H2/t19-/m0/s1. The van der Waals surface area contributed by atoms with E-state index in [0.29, 0.717) is 53.3 Å². The first-order valence-electron chi connectivity index (χ1n) is 9.40. The minimum atomic E-state index is -0.770. The van der Waals surface area contributed by atoms with Crippen LogP contribution >= 0.6 is 23.2 Å². The van der Waals surface area contributed by atoms with Crippen LogP contribution in [0.1, 0.15) is 5.56 Å². The van der Waals surface area contributed by atoms with Crippen molar-refractivity contribution in [2.45, 2.75) is 12.5 Å². The van der Waals surface area contributed by atoms with Gasteiger partial charge in [-0.15, -0.1) is 0 Å². The van der Waals surface area contributed by atoms with E-state index in [2.05, 4.69) is 0 Å². The lowest BCUT2D eigenvalue weighted by molar-refractivity contribution is -0.142. The van der Waals surface area contributed by atoms with Gasteiger partial charge in [0.15, 0.2) is 6.10 Å². The zero-order valence-electron chi connectivity index (χ0n) is 15.6. The summed E-state index contributed by atoms with van der Waals surface area (Å²) in [6.07, 6.45) is -0.737. The zero-order chi connectivity index (χ0) is 20.4. The molecule has 0 unspecified atom stereocenters. The number of carbonyl (C=O) groups excluding carboxylic acids is 2. The predicted octanol–water partition coefficient (Wildman–Crippen LogP) is 3.19. The number of para-hydroxylation sites is 2. The van der Waals surface area contributed by atoms with E-state index in [9.17, 15) is 9.59 Å². The molecule has 1 saturated heterocycles. The Morgan fingerprint density at radius 1 is 1.00 bits per heavy atom. The molecule has 0 radical (unpaired) electrons. The van der Waals surface area contributed by atoms with E-state index in [1.165, 1.54) is 0 Å². The van der Waals surface area contributed by atoms with E-state index in [1.54, 1.807) is 40.1 Å². The average Bonchev–Trinajstić information content (AvgIpc) is 2.75. The molecule has 0 aromatic heterocycles. The van der Waals surface area contributed by atoms with Crippen molar-refractivity contribution in [1.29, 1.82) is 0 Å². The molecule has 0 aliphatic carbocycles. The van der Waals surface area contributed by atoms with Gasteiger partial charge in [-0.3, -0.25) is 9.59 Å². The third kappa shape index (κ3) is 4.20. The Kier molecular flexibility index (Phi) is 5.94. The Morgan fingerprint density at radius 3 is 2.41 bits per heavy atom. The Hall–Kier alpha value is -2.28. The lowest BCUT2D eigenvalue weighted by Gasteiger charge is -2.37. The molecule has 1 fully saturated rings. The molecule has 0 N–H and O–H groups in total. The number of ether oxygens (including phenoxy) is 2. The van der Waals surface area contributed by atoms with Crippen LogP contribution in [0.25, 0.3) is 0 Å². The highest BCUT2D eigenvalue weighted by Crippen LogP contribution is 2.35. The molecule has 4 rings (SSSR count). The lowest BCUT2D eigenvalue weighted by Crippen LogP contribution is -2.54. The number of morpholine rings is 1. The molecule has 0 spiro atoms. The summed E-state index contributed by atoms with van der Waals surface area (Å²) in [7, 11) is 0. The fourth-order valence-corrected chi connectivity index (χ4v) is 4.07. The number of carbonyl (C=O) groups is 2. The topological polar surface area (TPSA) is 59.1 Å². The molecule has 29 heavy (non-hydrogen) atoms. The molecule has 2 aliphatic heterocycles. The van der Waals surface area contributed by atoms with Crippen LogP contribution in [0.15, 0.2) is 42.5 Å². The fourth-order valence-electron chi connectivity index (χ4n) is 3.53. The first kappa shape index (κ1) is 20.0. The van der Waals surface area contributed by atoms with Crippen LogP contribution in [0.4, 0.5) is 5.69 Å². The van der Waals surface area contributed by atoms with Gasteiger partial charge in [-0.25, -0.2) is 0 Å². The van der Waals surface area contributed by atoms with Crippen molar-refractivity contribution >= 4 is 40.7 Å². The number of fused-ring (bicyclic) bond motifs is 1. The second-order valence-electron chi connectivity index (χ2n) is 6.89. The van der Waals surface area contributed by atoms with Crippen LogP contribution in [-0.4, -0.2) is 55.7 Å². The maximum atomic E-state index is 13.2. The maximum Gasteiger partial charge on any atom is 0.265 e.